The molecule has 2 aliphatic rings. The standard InChI is InChI=1S/C27H33NO8/c1-31-22-6-4-18(14-24(22)32-2)12-20-16-36-27(30)21(20)13-19-5-7-23(25(15-19)33-3)35-17-26(29)28-8-10-34-11-9-28/h4-7,14-15,20-21H,8-13,16-17H2,1-3H3/t20-,21+/m0/s1. The van der Waals surface area contributed by atoms with Gasteiger partial charge in [-0.25, -0.2) is 0 Å². The van der Waals surface area contributed by atoms with Gasteiger partial charge in [0.1, 0.15) is 0 Å². The summed E-state index contributed by atoms with van der Waals surface area (Å²) in [6, 6.07) is 11.3. The van der Waals surface area contributed by atoms with E-state index in [2.05, 4.69) is 0 Å². The molecule has 9 nitrogen and oxygen atoms in total. The van der Waals surface area contributed by atoms with Crippen LogP contribution < -0.4 is 18.9 Å². The fraction of sp³-hybridized carbons (Fsp3) is 0.481. The Balaban J connectivity index is 1.40. The molecular formula is C27H33NO8. The van der Waals surface area contributed by atoms with Crippen LogP contribution in [-0.4, -0.2) is 77.6 Å². The van der Waals surface area contributed by atoms with Crippen LogP contribution in [0.3, 0.4) is 0 Å². The van der Waals surface area contributed by atoms with E-state index in [-0.39, 0.29) is 30.3 Å². The van der Waals surface area contributed by atoms with E-state index < -0.39 is 0 Å². The van der Waals surface area contributed by atoms with E-state index in [0.29, 0.717) is 68.7 Å². The number of methoxy groups -OCH3 is 3. The molecule has 2 aromatic rings. The van der Waals surface area contributed by atoms with Crippen molar-refractivity contribution in [2.24, 2.45) is 11.8 Å². The van der Waals surface area contributed by atoms with E-state index in [1.165, 1.54) is 0 Å². The van der Waals surface area contributed by atoms with Gasteiger partial charge in [-0.15, -0.1) is 0 Å². The number of hydrogen-bond acceptors (Lipinski definition) is 8. The summed E-state index contributed by atoms with van der Waals surface area (Å²) in [5.41, 5.74) is 1.98. The SMILES string of the molecule is COc1ccc(C[C@H]2COC(=O)[C@@H]2Cc2ccc(OCC(=O)N3CCOCC3)c(OC)c2)cc1OC. The Bertz CT molecular complexity index is 1070. The van der Waals surface area contributed by atoms with Crippen LogP contribution in [0.1, 0.15) is 11.1 Å². The number of amides is 1. The van der Waals surface area contributed by atoms with Crippen LogP contribution in [0, 0.1) is 11.8 Å². The van der Waals surface area contributed by atoms with Gasteiger partial charge >= 0.3 is 5.97 Å². The zero-order chi connectivity index (χ0) is 25.5. The first-order chi connectivity index (χ1) is 17.5. The molecule has 0 aromatic heterocycles. The van der Waals surface area contributed by atoms with Crippen LogP contribution in [0.2, 0.25) is 0 Å². The Morgan fingerprint density at radius 3 is 2.17 bits per heavy atom. The molecule has 2 aromatic carbocycles. The number of benzene rings is 2. The van der Waals surface area contributed by atoms with Crippen molar-refractivity contribution in [3.8, 4) is 23.0 Å². The number of carbonyl (C=O) groups excluding carboxylic acids is 2. The van der Waals surface area contributed by atoms with E-state index in [4.69, 9.17) is 28.4 Å². The van der Waals surface area contributed by atoms with E-state index in [1.54, 1.807) is 32.3 Å². The lowest BCUT2D eigenvalue weighted by Crippen LogP contribution is -2.43. The quantitative estimate of drug-likeness (QED) is 0.461. The molecule has 0 radical (unpaired) electrons. The fourth-order valence-corrected chi connectivity index (χ4v) is 4.62. The summed E-state index contributed by atoms with van der Waals surface area (Å²) in [6.45, 7) is 2.53. The minimum Gasteiger partial charge on any atom is -0.493 e. The van der Waals surface area contributed by atoms with Gasteiger partial charge in [-0.05, 0) is 48.2 Å². The highest BCUT2D eigenvalue weighted by atomic mass is 16.5. The normalized spacial score (nSPS) is 19.5. The molecule has 2 heterocycles. The molecule has 36 heavy (non-hydrogen) atoms. The Kier molecular flexibility index (Phi) is 8.53. The van der Waals surface area contributed by atoms with Crippen LogP contribution >= 0.6 is 0 Å². The number of esters is 1. The maximum Gasteiger partial charge on any atom is 0.309 e. The second-order valence-electron chi connectivity index (χ2n) is 8.86. The summed E-state index contributed by atoms with van der Waals surface area (Å²) in [7, 11) is 4.76. The van der Waals surface area contributed by atoms with Crippen LogP contribution in [-0.2, 0) is 31.9 Å². The maximum atomic E-state index is 12.6. The first-order valence-corrected chi connectivity index (χ1v) is 12.0. The first kappa shape index (κ1) is 25.6. The minimum atomic E-state index is -0.280. The molecule has 0 spiro atoms. The monoisotopic (exact) mass is 499 g/mol. The zero-order valence-electron chi connectivity index (χ0n) is 21.0. The predicted octanol–water partition coefficient (Wildman–Crippen LogP) is 2.52. The van der Waals surface area contributed by atoms with Gasteiger partial charge in [-0.3, -0.25) is 9.59 Å². The van der Waals surface area contributed by atoms with Crippen molar-refractivity contribution in [2.75, 3.05) is 60.8 Å². The van der Waals surface area contributed by atoms with Crippen molar-refractivity contribution in [3.05, 3.63) is 47.5 Å². The molecule has 0 N–H and O–H groups in total. The molecule has 2 aliphatic heterocycles. The van der Waals surface area contributed by atoms with Gasteiger partial charge in [0, 0.05) is 19.0 Å². The number of cyclic esters (lactones) is 1. The molecule has 0 saturated carbocycles. The molecule has 1 amide bonds. The number of hydrogen-bond donors (Lipinski definition) is 0. The smallest absolute Gasteiger partial charge is 0.309 e. The average Bonchev–Trinajstić information content (AvgIpc) is 3.26. The van der Waals surface area contributed by atoms with E-state index >= 15 is 0 Å². The summed E-state index contributed by atoms with van der Waals surface area (Å²) in [6.07, 6.45) is 1.19. The third-order valence-electron chi connectivity index (χ3n) is 6.66. The van der Waals surface area contributed by atoms with Crippen molar-refractivity contribution in [2.45, 2.75) is 12.8 Å². The highest BCUT2D eigenvalue weighted by Gasteiger charge is 2.37. The minimum absolute atomic E-state index is 0.0312. The second-order valence-corrected chi connectivity index (χ2v) is 8.86. The van der Waals surface area contributed by atoms with E-state index in [1.807, 2.05) is 30.3 Å². The molecule has 2 saturated heterocycles. The number of nitrogens with zero attached hydrogens (tertiary/aromatic N) is 1. The van der Waals surface area contributed by atoms with Crippen molar-refractivity contribution < 1.29 is 38.0 Å². The van der Waals surface area contributed by atoms with Crippen molar-refractivity contribution in [3.63, 3.8) is 0 Å². The van der Waals surface area contributed by atoms with Gasteiger partial charge in [0.05, 0.1) is 47.1 Å². The van der Waals surface area contributed by atoms with Gasteiger partial charge in [-0.2, -0.15) is 0 Å². The summed E-state index contributed by atoms with van der Waals surface area (Å²) in [5.74, 6) is 1.79. The largest absolute Gasteiger partial charge is 0.493 e. The fourth-order valence-electron chi connectivity index (χ4n) is 4.62. The summed E-state index contributed by atoms with van der Waals surface area (Å²) >= 11 is 0. The van der Waals surface area contributed by atoms with Crippen LogP contribution in [0.5, 0.6) is 23.0 Å². The summed E-state index contributed by atoms with van der Waals surface area (Å²) in [5, 5.41) is 0. The molecule has 0 bridgehead atoms. The van der Waals surface area contributed by atoms with Crippen LogP contribution in [0.25, 0.3) is 0 Å². The van der Waals surface area contributed by atoms with Crippen LogP contribution in [0.4, 0.5) is 0 Å². The van der Waals surface area contributed by atoms with Crippen molar-refractivity contribution in [1.29, 1.82) is 0 Å². The Labute approximate surface area is 211 Å². The average molecular weight is 500 g/mol. The molecule has 194 valence electrons. The zero-order valence-corrected chi connectivity index (χ0v) is 21.0. The number of morpholine rings is 1. The third-order valence-corrected chi connectivity index (χ3v) is 6.66. The number of ether oxygens (including phenoxy) is 6. The van der Waals surface area contributed by atoms with E-state index in [0.717, 1.165) is 11.1 Å². The highest BCUT2D eigenvalue weighted by molar-refractivity contribution is 5.78. The van der Waals surface area contributed by atoms with Crippen molar-refractivity contribution in [1.82, 2.24) is 4.90 Å². The van der Waals surface area contributed by atoms with Gasteiger partial charge < -0.3 is 33.3 Å². The molecule has 0 aliphatic carbocycles. The highest BCUT2D eigenvalue weighted by Crippen LogP contribution is 2.35. The number of carbonyl (C=O) groups is 2. The summed E-state index contributed by atoms with van der Waals surface area (Å²) < 4.78 is 32.7. The van der Waals surface area contributed by atoms with Crippen LogP contribution in [0.15, 0.2) is 36.4 Å². The predicted molar refractivity (Wildman–Crippen MR) is 131 cm³/mol. The lowest BCUT2D eigenvalue weighted by atomic mass is 9.85. The van der Waals surface area contributed by atoms with Gasteiger partial charge in [0.25, 0.3) is 5.91 Å². The first-order valence-electron chi connectivity index (χ1n) is 12.0. The molecular weight excluding hydrogens is 466 g/mol. The molecule has 4 rings (SSSR count). The van der Waals surface area contributed by atoms with Crippen molar-refractivity contribution >= 4 is 11.9 Å². The molecule has 9 heteroatoms. The Morgan fingerprint density at radius 2 is 1.50 bits per heavy atom. The summed E-state index contributed by atoms with van der Waals surface area (Å²) in [4.78, 5) is 26.7. The number of rotatable bonds is 10. The molecule has 2 fully saturated rings. The lowest BCUT2D eigenvalue weighted by molar-refractivity contribution is -0.141. The Morgan fingerprint density at radius 1 is 0.889 bits per heavy atom. The topological polar surface area (TPSA) is 92.8 Å². The van der Waals surface area contributed by atoms with E-state index in [9.17, 15) is 9.59 Å². The Hall–Kier alpha value is -3.46. The lowest BCUT2D eigenvalue weighted by Gasteiger charge is -2.26. The molecule has 0 unspecified atom stereocenters. The van der Waals surface area contributed by atoms with Gasteiger partial charge in [0.15, 0.2) is 29.6 Å². The van der Waals surface area contributed by atoms with Gasteiger partial charge in [-0.1, -0.05) is 12.1 Å². The third kappa shape index (κ3) is 6.02. The molecule has 2 atom stereocenters. The second kappa shape index (κ2) is 12.0. The maximum absolute atomic E-state index is 12.6. The van der Waals surface area contributed by atoms with Gasteiger partial charge in [0.2, 0.25) is 0 Å².